The van der Waals surface area contributed by atoms with E-state index in [9.17, 15) is 18.5 Å². The molecule has 1 atom stereocenters. The van der Waals surface area contributed by atoms with Crippen molar-refractivity contribution in [1.29, 1.82) is 0 Å². The topological polar surface area (TPSA) is 102 Å². The van der Waals surface area contributed by atoms with Crippen LogP contribution < -0.4 is 5.32 Å². The van der Waals surface area contributed by atoms with Gasteiger partial charge in [0, 0.05) is 32.8 Å². The number of hydrogen-bond acceptors (Lipinski definition) is 7. The molecule has 2 heterocycles. The van der Waals surface area contributed by atoms with E-state index in [1.165, 1.54) is 11.4 Å². The van der Waals surface area contributed by atoms with Crippen molar-refractivity contribution in [2.24, 2.45) is 0 Å². The molecule has 1 aliphatic rings. The molecule has 0 saturated carbocycles. The molecule has 0 amide bonds. The zero-order valence-corrected chi connectivity index (χ0v) is 13.4. The van der Waals surface area contributed by atoms with Crippen molar-refractivity contribution in [3.8, 4) is 0 Å². The van der Waals surface area contributed by atoms with Gasteiger partial charge in [0.05, 0.1) is 11.0 Å². The molecule has 0 aromatic carbocycles. The largest absolute Gasteiger partial charge is 0.377 e. The zero-order chi connectivity index (χ0) is 15.6. The van der Waals surface area contributed by atoms with Crippen molar-refractivity contribution in [1.82, 2.24) is 4.31 Å². The maximum absolute atomic E-state index is 12.6. The van der Waals surface area contributed by atoms with Gasteiger partial charge in [-0.1, -0.05) is 11.3 Å². The van der Waals surface area contributed by atoms with Crippen molar-refractivity contribution in [3.05, 3.63) is 16.2 Å². The third-order valence-electron chi connectivity index (χ3n) is 3.12. The van der Waals surface area contributed by atoms with Gasteiger partial charge >= 0.3 is 5.69 Å². The van der Waals surface area contributed by atoms with Gasteiger partial charge in [0.25, 0.3) is 10.0 Å². The molecule has 0 bridgehead atoms. The van der Waals surface area contributed by atoms with Crippen molar-refractivity contribution in [3.63, 3.8) is 0 Å². The summed E-state index contributed by atoms with van der Waals surface area (Å²) >= 11 is 0.873. The third kappa shape index (κ3) is 3.34. The van der Waals surface area contributed by atoms with Gasteiger partial charge in [-0.05, 0) is 13.3 Å². The number of thiophene rings is 1. The fourth-order valence-electron chi connectivity index (χ4n) is 2.10. The number of hydrogen-bond donors (Lipinski definition) is 1. The number of ether oxygens (including phenoxy) is 1. The summed E-state index contributed by atoms with van der Waals surface area (Å²) in [5, 5.41) is 13.8. The van der Waals surface area contributed by atoms with Crippen LogP contribution in [0, 0.1) is 10.1 Å². The van der Waals surface area contributed by atoms with Gasteiger partial charge in [-0.25, -0.2) is 8.42 Å². The van der Waals surface area contributed by atoms with Crippen LogP contribution in [0.15, 0.2) is 10.3 Å². The molecule has 1 unspecified atom stereocenters. The second-order valence-electron chi connectivity index (χ2n) is 4.68. The Morgan fingerprint density at radius 2 is 2.29 bits per heavy atom. The van der Waals surface area contributed by atoms with E-state index in [0.717, 1.165) is 17.4 Å². The smallest absolute Gasteiger partial charge is 0.304 e. The Morgan fingerprint density at radius 1 is 1.57 bits per heavy atom. The lowest BCUT2D eigenvalue weighted by Crippen LogP contribution is -2.35. The predicted octanol–water partition coefficient (Wildman–Crippen LogP) is 1.50. The van der Waals surface area contributed by atoms with Crippen molar-refractivity contribution < 1.29 is 18.1 Å². The first kappa shape index (κ1) is 16.1. The van der Waals surface area contributed by atoms with Crippen LogP contribution in [-0.2, 0) is 14.8 Å². The number of nitrogens with one attached hydrogen (secondary N) is 1. The second-order valence-corrected chi connectivity index (χ2v) is 7.90. The molecule has 1 N–H and O–H groups in total. The Bertz CT molecular complexity index is 628. The summed E-state index contributed by atoms with van der Waals surface area (Å²) in [5.41, 5.74) is -0.222. The van der Waals surface area contributed by atoms with E-state index in [1.54, 1.807) is 0 Å². The fraction of sp³-hybridized carbons (Fsp3) is 0.636. The molecule has 118 valence electrons. The van der Waals surface area contributed by atoms with Crippen molar-refractivity contribution in [2.45, 2.75) is 23.7 Å². The SMILES string of the molecule is CNc1sc(S(=O)(=O)N2CCCOC(C)C2)cc1[N+](=O)[O-]. The quantitative estimate of drug-likeness (QED) is 0.661. The highest BCUT2D eigenvalue weighted by molar-refractivity contribution is 7.91. The summed E-state index contributed by atoms with van der Waals surface area (Å²) in [6.07, 6.45) is 0.414. The van der Waals surface area contributed by atoms with Gasteiger partial charge in [0.1, 0.15) is 4.21 Å². The highest BCUT2D eigenvalue weighted by Gasteiger charge is 2.32. The van der Waals surface area contributed by atoms with Crippen LogP contribution in [0.3, 0.4) is 0 Å². The highest BCUT2D eigenvalue weighted by atomic mass is 32.2. The number of rotatable bonds is 4. The van der Waals surface area contributed by atoms with Gasteiger partial charge in [0.2, 0.25) is 0 Å². The standard InChI is InChI=1S/C11H17N3O5S2/c1-8-7-13(4-3-5-19-8)21(17,18)10-6-9(14(15)16)11(12-2)20-10/h6,8,12H,3-5,7H2,1-2H3. The predicted molar refractivity (Wildman–Crippen MR) is 79.3 cm³/mol. The average Bonchev–Trinajstić information content (AvgIpc) is 2.75. The van der Waals surface area contributed by atoms with Crippen LogP contribution in [0.4, 0.5) is 10.7 Å². The normalized spacial score (nSPS) is 21.0. The van der Waals surface area contributed by atoms with Gasteiger partial charge in [0.15, 0.2) is 5.00 Å². The molecule has 0 spiro atoms. The molecule has 21 heavy (non-hydrogen) atoms. The zero-order valence-electron chi connectivity index (χ0n) is 11.7. The molecule has 1 aromatic heterocycles. The van der Waals surface area contributed by atoms with Crippen LogP contribution in [0.1, 0.15) is 13.3 Å². The lowest BCUT2D eigenvalue weighted by Gasteiger charge is -2.20. The van der Waals surface area contributed by atoms with Gasteiger partial charge in [-0.3, -0.25) is 10.1 Å². The van der Waals surface area contributed by atoms with E-state index >= 15 is 0 Å². The van der Waals surface area contributed by atoms with E-state index in [-0.39, 0.29) is 27.5 Å². The molecule has 10 heteroatoms. The summed E-state index contributed by atoms with van der Waals surface area (Å²) in [6, 6.07) is 1.11. The lowest BCUT2D eigenvalue weighted by atomic mass is 10.4. The van der Waals surface area contributed by atoms with Crippen LogP contribution in [0.25, 0.3) is 0 Å². The third-order valence-corrected chi connectivity index (χ3v) is 6.58. The Morgan fingerprint density at radius 3 is 2.86 bits per heavy atom. The average molecular weight is 335 g/mol. The van der Waals surface area contributed by atoms with Gasteiger partial charge < -0.3 is 10.1 Å². The molecule has 0 radical (unpaired) electrons. The Hall–Kier alpha value is -1.23. The van der Waals surface area contributed by atoms with Crippen molar-refractivity contribution >= 4 is 32.0 Å². The summed E-state index contributed by atoms with van der Waals surface area (Å²) in [5.74, 6) is 0. The minimum Gasteiger partial charge on any atom is -0.377 e. The van der Waals surface area contributed by atoms with E-state index in [2.05, 4.69) is 5.32 Å². The maximum Gasteiger partial charge on any atom is 0.304 e. The first-order valence-electron chi connectivity index (χ1n) is 6.44. The van der Waals surface area contributed by atoms with Crippen LogP contribution in [0.2, 0.25) is 0 Å². The molecular weight excluding hydrogens is 318 g/mol. The van der Waals surface area contributed by atoms with Crippen LogP contribution >= 0.6 is 11.3 Å². The minimum absolute atomic E-state index is 0.0207. The van der Waals surface area contributed by atoms with Gasteiger partial charge in [-0.2, -0.15) is 4.31 Å². The summed E-state index contributed by atoms with van der Waals surface area (Å²) < 4.78 is 32.0. The first-order chi connectivity index (χ1) is 9.86. The molecule has 1 fully saturated rings. The summed E-state index contributed by atoms with van der Waals surface area (Å²) in [6.45, 7) is 2.93. The first-order valence-corrected chi connectivity index (χ1v) is 8.69. The van der Waals surface area contributed by atoms with E-state index in [0.29, 0.717) is 19.6 Å². The number of nitro groups is 1. The van der Waals surface area contributed by atoms with E-state index in [1.807, 2.05) is 6.92 Å². The minimum atomic E-state index is -3.74. The van der Waals surface area contributed by atoms with Crippen LogP contribution in [0.5, 0.6) is 0 Å². The molecule has 2 rings (SSSR count). The van der Waals surface area contributed by atoms with E-state index < -0.39 is 14.9 Å². The Labute approximate surface area is 126 Å². The van der Waals surface area contributed by atoms with Crippen molar-refractivity contribution in [2.75, 3.05) is 32.1 Å². The molecular formula is C11H17N3O5S2. The van der Waals surface area contributed by atoms with E-state index in [4.69, 9.17) is 4.74 Å². The maximum atomic E-state index is 12.6. The second kappa shape index (κ2) is 6.26. The molecule has 1 aliphatic heterocycles. The van der Waals surface area contributed by atoms with Gasteiger partial charge in [-0.15, -0.1) is 0 Å². The lowest BCUT2D eigenvalue weighted by molar-refractivity contribution is -0.383. The molecule has 8 nitrogen and oxygen atoms in total. The monoisotopic (exact) mass is 335 g/mol. The number of sulfonamides is 1. The Balaban J connectivity index is 2.36. The summed E-state index contributed by atoms with van der Waals surface area (Å²) in [4.78, 5) is 10.4. The molecule has 1 aromatic rings. The number of anilines is 1. The fourth-order valence-corrected chi connectivity index (χ4v) is 5.09. The highest BCUT2D eigenvalue weighted by Crippen LogP contribution is 2.38. The summed E-state index contributed by atoms with van der Waals surface area (Å²) in [7, 11) is -2.21. The number of nitrogens with zero attached hydrogens (tertiary/aromatic N) is 2. The molecule has 1 saturated heterocycles. The molecule has 0 aliphatic carbocycles. The van der Waals surface area contributed by atoms with Crippen LogP contribution in [-0.4, -0.2) is 50.5 Å². The Kier molecular flexibility index (Phi) is 4.81.